The van der Waals surface area contributed by atoms with Gasteiger partial charge in [0.25, 0.3) is 0 Å². The Morgan fingerprint density at radius 2 is 1.29 bits per heavy atom. The second kappa shape index (κ2) is 38.0. The third-order valence-electron chi connectivity index (χ3n) is 22.4. The van der Waals surface area contributed by atoms with E-state index in [9.17, 15) is 75.7 Å². The lowest BCUT2D eigenvalue weighted by molar-refractivity contribution is -0.350. The molecule has 9 heterocycles. The van der Waals surface area contributed by atoms with Gasteiger partial charge in [-0.3, -0.25) is 33.6 Å². The highest BCUT2D eigenvalue weighted by Gasteiger charge is 2.54. The summed E-state index contributed by atoms with van der Waals surface area (Å²) in [4.78, 5) is 122. The lowest BCUT2D eigenvalue weighted by Gasteiger charge is -2.47. The van der Waals surface area contributed by atoms with Crippen molar-refractivity contribution >= 4 is 93.5 Å². The van der Waals surface area contributed by atoms with Crippen LogP contribution < -0.4 is 68.2 Å². The van der Waals surface area contributed by atoms with Gasteiger partial charge >= 0.3 is 5.97 Å². The number of carboxylic acid groups (broad SMARTS) is 1. The molecule has 664 valence electrons. The quantitative estimate of drug-likeness (QED) is 0.0552. The second-order valence-corrected chi connectivity index (χ2v) is 34.2. The second-order valence-electron chi connectivity index (χ2n) is 31.8. The van der Waals surface area contributed by atoms with Crippen molar-refractivity contribution in [3.05, 3.63) is 163 Å². The van der Waals surface area contributed by atoms with Crippen molar-refractivity contribution in [1.29, 1.82) is 0 Å². The number of ether oxygens (including phenoxy) is 7. The van der Waals surface area contributed by atoms with Crippen LogP contribution in [0.5, 0.6) is 46.0 Å². The molecule has 24 N–H and O–H groups in total. The molecular weight excluding hydrogens is 1710 g/mol. The van der Waals surface area contributed by atoms with Gasteiger partial charge in [0.1, 0.15) is 114 Å². The Labute approximate surface area is 726 Å². The fourth-order valence-electron chi connectivity index (χ4n) is 16.0. The lowest BCUT2D eigenvalue weighted by atomic mass is 9.75. The Morgan fingerprint density at radius 1 is 0.661 bits per heavy atom. The van der Waals surface area contributed by atoms with Crippen LogP contribution in [0.3, 0.4) is 0 Å². The number of aromatic hydroxyl groups is 3. The maximum Gasteiger partial charge on any atom is 0.330 e. The van der Waals surface area contributed by atoms with Gasteiger partial charge in [-0.25, -0.2) is 4.79 Å². The molecule has 3 unspecified atom stereocenters. The molecular formula is C83H93Cl3N10O27S. The maximum absolute atomic E-state index is 16.5. The summed E-state index contributed by atoms with van der Waals surface area (Å²) in [5.41, 5.74) is 9.29. The highest BCUT2D eigenvalue weighted by molar-refractivity contribution is 7.15. The number of nitrogens with one attached hydrogen (secondary N) is 8. The molecule has 8 aliphatic heterocycles. The monoisotopic (exact) mass is 1800 g/mol. The van der Waals surface area contributed by atoms with E-state index in [1.807, 2.05) is 38.1 Å². The fourth-order valence-corrected chi connectivity index (χ4v) is 17.6. The molecule has 8 aliphatic rings. The Hall–Kier alpha value is -10.2. The molecule has 11 bridgehead atoms. The van der Waals surface area contributed by atoms with Crippen LogP contribution in [0.1, 0.15) is 110 Å². The number of amides is 7. The van der Waals surface area contributed by atoms with Crippen molar-refractivity contribution in [2.24, 2.45) is 17.4 Å². The van der Waals surface area contributed by atoms with Gasteiger partial charge in [0.15, 0.2) is 23.8 Å². The van der Waals surface area contributed by atoms with Gasteiger partial charge < -0.3 is 148 Å². The zero-order valence-corrected chi connectivity index (χ0v) is 69.8. The zero-order chi connectivity index (χ0) is 89.5. The molecule has 1 aromatic heterocycles. The topological polar surface area (TPSA) is 592 Å². The number of thiophene rings is 1. The van der Waals surface area contributed by atoms with Gasteiger partial charge in [-0.15, -0.1) is 11.3 Å². The number of aliphatic carboxylic acids is 1. The number of phenolic OH excluding ortho intramolecular Hbond substituents is 3. The summed E-state index contributed by atoms with van der Waals surface area (Å²) >= 11 is 22.1. The third kappa shape index (κ3) is 19.6. The van der Waals surface area contributed by atoms with E-state index >= 15 is 24.0 Å². The number of benzene rings is 6. The van der Waals surface area contributed by atoms with Crippen LogP contribution in [0.15, 0.2) is 115 Å². The molecule has 3 saturated heterocycles. The Kier molecular flexibility index (Phi) is 28.0. The summed E-state index contributed by atoms with van der Waals surface area (Å²) < 4.78 is 45.0. The minimum atomic E-state index is -2.41. The number of aliphatic hydroxyl groups is 8. The number of likely N-dealkylation sites (N-methyl/N-ethyl adjacent to an activating group) is 1. The van der Waals surface area contributed by atoms with Gasteiger partial charge in [-0.05, 0) is 146 Å². The molecule has 0 saturated carbocycles. The predicted molar refractivity (Wildman–Crippen MR) is 440 cm³/mol. The minimum Gasteiger partial charge on any atom is -0.508 e. The minimum absolute atomic E-state index is 0.0353. The third-order valence-corrected chi connectivity index (χ3v) is 24.4. The number of rotatable bonds is 19. The number of phenols is 3. The van der Waals surface area contributed by atoms with Crippen molar-refractivity contribution in [3.8, 4) is 67.6 Å². The Balaban J connectivity index is 0.971. The summed E-state index contributed by atoms with van der Waals surface area (Å²) in [7, 11) is 1.46. The zero-order valence-electron chi connectivity index (χ0n) is 66.7. The van der Waals surface area contributed by atoms with Crippen LogP contribution in [0.25, 0.3) is 21.6 Å². The van der Waals surface area contributed by atoms with E-state index in [4.69, 9.17) is 79.4 Å². The lowest BCUT2D eigenvalue weighted by Crippen LogP contribution is -2.65. The Bertz CT molecular complexity index is 5210. The number of aliphatic hydroxyl groups excluding tert-OH is 8. The molecule has 0 radical (unpaired) electrons. The van der Waals surface area contributed by atoms with E-state index in [0.717, 1.165) is 69.9 Å². The summed E-state index contributed by atoms with van der Waals surface area (Å²) in [5, 5.41) is 161. The van der Waals surface area contributed by atoms with Crippen molar-refractivity contribution in [3.63, 3.8) is 0 Å². The van der Waals surface area contributed by atoms with Crippen LogP contribution in [0.2, 0.25) is 15.1 Å². The normalized spacial score (nSPS) is 29.9. The van der Waals surface area contributed by atoms with Crippen LogP contribution >= 0.6 is 46.1 Å². The molecule has 0 spiro atoms. The van der Waals surface area contributed by atoms with E-state index in [-0.39, 0.29) is 48.5 Å². The number of halogens is 3. The summed E-state index contributed by atoms with van der Waals surface area (Å²) in [6.45, 7) is 5.53. The molecule has 7 amide bonds. The first-order chi connectivity index (χ1) is 58.8. The number of carbonyl (C=O) groups excluding carboxylic acids is 7. The van der Waals surface area contributed by atoms with Crippen molar-refractivity contribution in [1.82, 2.24) is 42.5 Å². The standard InChI is InChI=1S/C83H93Cl3N10O27S/c1-31(2)18-45(89-5)74(109)96-64-65(102)36-10-16-50(44(86)21-36)119-52-23-37-22-51(71(52)122-82-70(107)68(105)72(55(30-97)121-82)123-81-69(106)67(104)66(103)54(120-81)29-90-28-40-13-17-56(124-40)33-6-11-38(84)12-7-33)118-49-15-9-34(20-43(49)85)58(53-27-83(4,88)73(108)32(3)117-53)63-78(113)94-62(80(115)116)42-24-39(98)25-48(100)59(42)41-19-35(8-14-47(41)99)60(76(111)95-63)93-77(112)61(37)92-75(110)46(26-57(87)101)91-79(64)114/h6-17,19-25,31-32,45-46,53-55,58,60-70,72-73,81-82,89-90,97-100,102-108H,18,26-30,88H2,1-5H3,(H2,87,101)(H,91,114)(H,92,110)(H,93,112)(H,94,113)(H,95,111)(H,96,109)(H,115,116)/t32-,45+,46-,53+,54+,55+,58?,60+,61+,62+,63?,64?,65+,66-,67-,68+,69+,70+,72+,73-,81-,82-,83-/m0/s1. The van der Waals surface area contributed by atoms with E-state index in [1.54, 1.807) is 12.1 Å². The van der Waals surface area contributed by atoms with Gasteiger partial charge in [-0.1, -0.05) is 79.0 Å². The molecule has 15 rings (SSSR count). The van der Waals surface area contributed by atoms with Crippen LogP contribution in [-0.4, -0.2) is 238 Å². The summed E-state index contributed by atoms with van der Waals surface area (Å²) in [6.07, 6.45) is -27.0. The number of fused-ring (bicyclic) bond motifs is 15. The molecule has 7 aromatic rings. The average molecular weight is 1800 g/mol. The van der Waals surface area contributed by atoms with Crippen LogP contribution in [-0.2, 0) is 63.8 Å². The van der Waals surface area contributed by atoms with Gasteiger partial charge in [0.05, 0.1) is 47.4 Å². The highest BCUT2D eigenvalue weighted by atomic mass is 35.5. The first kappa shape index (κ1) is 91.5. The van der Waals surface area contributed by atoms with E-state index in [2.05, 4.69) is 42.5 Å². The smallest absolute Gasteiger partial charge is 0.330 e. The SMILES string of the molecule is CN[C@H](CC(C)C)C(=O)NC1C(=O)N[C@@H](CC(N)=O)C(=O)N[C@H]2C(=O)N[C@H]3C(=O)NC(C(=O)N[C@@H](C(=O)O)c4cc(O)cc(O)c4-c4cc3ccc4O)C([C@H]3C[C@](C)(N)[C@@H](O)[C@H](C)O3)c3ccc(c(Cl)c3)Oc3cc2cc(c3O[C@@H]2O[C@H](CO)[C@@H](O[C@@H]3O[C@H](CNCc4ccc(-c5ccc(Cl)cc5)s4)[C@H](O)[C@H](O)[C@H]3O)[C@H](O)[C@H]2O)Oc2ccc(cc2Cl)[C@H]1O. The highest BCUT2D eigenvalue weighted by Crippen LogP contribution is 2.51. The van der Waals surface area contributed by atoms with Crippen molar-refractivity contribution < 1.29 is 133 Å². The Morgan fingerprint density at radius 3 is 1.93 bits per heavy atom. The van der Waals surface area contributed by atoms with Gasteiger partial charge in [-0.2, -0.15) is 0 Å². The molecule has 124 heavy (non-hydrogen) atoms. The van der Waals surface area contributed by atoms with Crippen molar-refractivity contribution in [2.75, 3.05) is 20.2 Å². The average Bonchev–Trinajstić information content (AvgIpc) is 1.35. The number of nitrogens with two attached hydrogens (primary N) is 2. The molecule has 41 heteroatoms. The van der Waals surface area contributed by atoms with E-state index < -0.39 is 278 Å². The molecule has 6 aromatic carbocycles. The summed E-state index contributed by atoms with van der Waals surface area (Å²) in [5.74, 6) is -18.0. The number of carbonyl (C=O) groups is 8. The van der Waals surface area contributed by atoms with Crippen LogP contribution in [0, 0.1) is 5.92 Å². The largest absolute Gasteiger partial charge is 0.508 e. The molecule has 3 fully saturated rings. The molecule has 0 aliphatic carbocycles. The number of primary amides is 1. The van der Waals surface area contributed by atoms with Crippen LogP contribution in [0.4, 0.5) is 0 Å². The first-order valence-electron chi connectivity index (χ1n) is 39.3. The number of hydrogen-bond donors (Lipinski definition) is 22. The van der Waals surface area contributed by atoms with Crippen molar-refractivity contribution in [2.45, 2.75) is 193 Å². The number of hydrogen-bond acceptors (Lipinski definition) is 30. The first-order valence-corrected chi connectivity index (χ1v) is 41.3. The predicted octanol–water partition coefficient (Wildman–Crippen LogP) is 2.18. The van der Waals surface area contributed by atoms with E-state index in [0.29, 0.717) is 5.02 Å². The fraction of sp³-hybridized carbons (Fsp3) is 0.422. The number of carboxylic acids is 1. The molecule has 23 atom stereocenters. The van der Waals surface area contributed by atoms with Gasteiger partial charge in [0, 0.05) is 62.1 Å². The van der Waals surface area contributed by atoms with Gasteiger partial charge in [0.2, 0.25) is 53.4 Å². The molecule has 37 nitrogen and oxygen atoms in total. The van der Waals surface area contributed by atoms with E-state index in [1.165, 1.54) is 56.5 Å². The maximum atomic E-state index is 16.5. The summed E-state index contributed by atoms with van der Waals surface area (Å²) in [6, 6.07) is 10.6.